The molecule has 3 atom stereocenters. The van der Waals surface area contributed by atoms with E-state index in [1.54, 1.807) is 0 Å². The van der Waals surface area contributed by atoms with E-state index in [1.165, 1.54) is 38.6 Å². The van der Waals surface area contributed by atoms with Crippen molar-refractivity contribution in [3.8, 4) is 0 Å². The molecule has 0 bridgehead atoms. The summed E-state index contributed by atoms with van der Waals surface area (Å²) >= 11 is 0. The van der Waals surface area contributed by atoms with Gasteiger partial charge in [0, 0.05) is 12.1 Å². The average Bonchev–Trinajstić information content (AvgIpc) is 2.04. The minimum Gasteiger partial charge on any atom is -0.298 e. The van der Waals surface area contributed by atoms with Gasteiger partial charge in [-0.25, -0.2) is 0 Å². The highest BCUT2D eigenvalue weighted by Crippen LogP contribution is 2.32. The van der Waals surface area contributed by atoms with E-state index in [-0.39, 0.29) is 0 Å². The van der Waals surface area contributed by atoms with Gasteiger partial charge < -0.3 is 0 Å². The van der Waals surface area contributed by atoms with E-state index in [0.29, 0.717) is 0 Å². The zero-order valence-electron chi connectivity index (χ0n) is 8.42. The third kappa shape index (κ3) is 1.52. The van der Waals surface area contributed by atoms with Gasteiger partial charge in [-0.15, -0.1) is 0 Å². The van der Waals surface area contributed by atoms with Gasteiger partial charge in [0.1, 0.15) is 0 Å². The summed E-state index contributed by atoms with van der Waals surface area (Å²) < 4.78 is 0. The van der Waals surface area contributed by atoms with Crippen molar-refractivity contribution in [2.75, 3.05) is 6.54 Å². The molecule has 12 heavy (non-hydrogen) atoms. The first-order valence-corrected chi connectivity index (χ1v) is 5.53. The maximum atomic E-state index is 2.75. The first kappa shape index (κ1) is 8.55. The Labute approximate surface area is 76.1 Å². The Morgan fingerprint density at radius 1 is 1.08 bits per heavy atom. The number of fused-ring (bicyclic) bond motifs is 1. The lowest BCUT2D eigenvalue weighted by Crippen LogP contribution is -2.49. The highest BCUT2D eigenvalue weighted by Gasteiger charge is 2.31. The normalized spacial score (nSPS) is 44.0. The third-order valence-corrected chi connectivity index (χ3v) is 3.75. The maximum Gasteiger partial charge on any atom is 0.0101 e. The van der Waals surface area contributed by atoms with Crippen LogP contribution in [-0.4, -0.2) is 23.5 Å². The smallest absolute Gasteiger partial charge is 0.0101 e. The number of hydrogen-bond acceptors (Lipinski definition) is 1. The third-order valence-electron chi connectivity index (χ3n) is 3.75. The molecule has 0 amide bonds. The molecule has 0 aromatic carbocycles. The molecule has 0 aromatic heterocycles. The van der Waals surface area contributed by atoms with E-state index in [9.17, 15) is 0 Å². The van der Waals surface area contributed by atoms with Gasteiger partial charge in [0.15, 0.2) is 0 Å². The number of piperidine rings is 2. The molecule has 2 saturated heterocycles. The van der Waals surface area contributed by atoms with E-state index in [2.05, 4.69) is 18.7 Å². The molecular formula is C11H21N. The molecule has 2 heterocycles. The van der Waals surface area contributed by atoms with Crippen LogP contribution in [0.25, 0.3) is 0 Å². The van der Waals surface area contributed by atoms with Crippen LogP contribution in [0.5, 0.6) is 0 Å². The monoisotopic (exact) mass is 167 g/mol. The van der Waals surface area contributed by atoms with E-state index in [0.717, 1.165) is 18.0 Å². The lowest BCUT2D eigenvalue weighted by molar-refractivity contribution is 0.0420. The Morgan fingerprint density at radius 3 is 2.75 bits per heavy atom. The Morgan fingerprint density at radius 2 is 1.92 bits per heavy atom. The maximum absolute atomic E-state index is 2.75. The van der Waals surface area contributed by atoms with Gasteiger partial charge in [0.25, 0.3) is 0 Å². The molecular weight excluding hydrogens is 146 g/mol. The predicted octanol–water partition coefficient (Wildman–Crippen LogP) is 2.66. The van der Waals surface area contributed by atoms with Crippen molar-refractivity contribution in [3.05, 3.63) is 0 Å². The summed E-state index contributed by atoms with van der Waals surface area (Å²) in [6, 6.07) is 1.81. The van der Waals surface area contributed by atoms with Gasteiger partial charge in [-0.3, -0.25) is 4.90 Å². The van der Waals surface area contributed by atoms with Gasteiger partial charge in [-0.1, -0.05) is 13.3 Å². The van der Waals surface area contributed by atoms with Crippen LogP contribution in [0.2, 0.25) is 0 Å². The molecule has 0 aliphatic carbocycles. The zero-order chi connectivity index (χ0) is 8.55. The fourth-order valence-corrected chi connectivity index (χ4v) is 2.95. The predicted molar refractivity (Wildman–Crippen MR) is 52.2 cm³/mol. The van der Waals surface area contributed by atoms with Crippen LogP contribution in [-0.2, 0) is 0 Å². The largest absolute Gasteiger partial charge is 0.298 e. The van der Waals surface area contributed by atoms with Crippen molar-refractivity contribution in [2.24, 2.45) is 5.92 Å². The standard InChI is InChI=1S/C11H21N/c1-9-6-7-12-10(2)4-3-5-11(12)8-9/h9-11H,3-8H2,1-2H3/t9?,10-,11-/m1/s1. The second kappa shape index (κ2) is 3.37. The summed E-state index contributed by atoms with van der Waals surface area (Å²) in [5.74, 6) is 0.983. The summed E-state index contributed by atoms with van der Waals surface area (Å²) in [4.78, 5) is 2.75. The molecule has 70 valence electrons. The summed E-state index contributed by atoms with van der Waals surface area (Å²) in [5.41, 5.74) is 0. The highest BCUT2D eigenvalue weighted by atomic mass is 15.2. The minimum absolute atomic E-state index is 0.872. The minimum atomic E-state index is 0.872. The fourth-order valence-electron chi connectivity index (χ4n) is 2.95. The molecule has 2 rings (SSSR count). The van der Waals surface area contributed by atoms with Crippen LogP contribution in [0.15, 0.2) is 0 Å². The van der Waals surface area contributed by atoms with Gasteiger partial charge >= 0.3 is 0 Å². The van der Waals surface area contributed by atoms with Crippen LogP contribution in [0, 0.1) is 5.92 Å². The van der Waals surface area contributed by atoms with E-state index in [4.69, 9.17) is 0 Å². The van der Waals surface area contributed by atoms with E-state index in [1.807, 2.05) is 0 Å². The molecule has 1 unspecified atom stereocenters. The van der Waals surface area contributed by atoms with Crippen LogP contribution in [0.3, 0.4) is 0 Å². The molecule has 2 aliphatic rings. The molecule has 0 N–H and O–H groups in total. The number of hydrogen-bond donors (Lipinski definition) is 0. The average molecular weight is 167 g/mol. The van der Waals surface area contributed by atoms with Crippen LogP contribution in [0.4, 0.5) is 0 Å². The number of nitrogens with zero attached hydrogens (tertiary/aromatic N) is 1. The summed E-state index contributed by atoms with van der Waals surface area (Å²) in [7, 11) is 0. The Bertz CT molecular complexity index is 155. The van der Waals surface area contributed by atoms with Crippen LogP contribution in [0.1, 0.15) is 46.0 Å². The van der Waals surface area contributed by atoms with Gasteiger partial charge in [-0.2, -0.15) is 0 Å². The van der Waals surface area contributed by atoms with Crippen molar-refractivity contribution in [1.29, 1.82) is 0 Å². The zero-order valence-corrected chi connectivity index (χ0v) is 8.42. The fraction of sp³-hybridized carbons (Fsp3) is 1.00. The topological polar surface area (TPSA) is 3.24 Å². The number of rotatable bonds is 0. The quantitative estimate of drug-likeness (QED) is 0.536. The van der Waals surface area contributed by atoms with Crippen molar-refractivity contribution in [3.63, 3.8) is 0 Å². The molecule has 0 spiro atoms. The molecule has 0 radical (unpaired) electrons. The Hall–Kier alpha value is -0.0400. The Balaban J connectivity index is 1.99. The van der Waals surface area contributed by atoms with Gasteiger partial charge in [0.05, 0.1) is 0 Å². The second-order valence-electron chi connectivity index (χ2n) is 4.80. The Kier molecular flexibility index (Phi) is 2.40. The van der Waals surface area contributed by atoms with Crippen LogP contribution >= 0.6 is 0 Å². The molecule has 2 fully saturated rings. The van der Waals surface area contributed by atoms with Crippen LogP contribution < -0.4 is 0 Å². The SMILES string of the molecule is CC1CCN2[C@H](CCC[C@H]2C)C1. The second-order valence-corrected chi connectivity index (χ2v) is 4.80. The highest BCUT2D eigenvalue weighted by molar-refractivity contribution is 4.87. The lowest BCUT2D eigenvalue weighted by atomic mass is 9.85. The van der Waals surface area contributed by atoms with Crippen molar-refractivity contribution in [2.45, 2.75) is 58.0 Å². The lowest BCUT2D eigenvalue weighted by Gasteiger charge is -2.45. The summed E-state index contributed by atoms with van der Waals surface area (Å²) in [6.45, 7) is 6.19. The van der Waals surface area contributed by atoms with E-state index >= 15 is 0 Å². The van der Waals surface area contributed by atoms with Crippen molar-refractivity contribution in [1.82, 2.24) is 4.90 Å². The van der Waals surface area contributed by atoms with Crippen molar-refractivity contribution < 1.29 is 0 Å². The molecule has 1 heteroatoms. The first-order valence-electron chi connectivity index (χ1n) is 5.53. The first-order chi connectivity index (χ1) is 5.77. The van der Waals surface area contributed by atoms with E-state index < -0.39 is 0 Å². The van der Waals surface area contributed by atoms with Gasteiger partial charge in [0.2, 0.25) is 0 Å². The molecule has 2 aliphatic heterocycles. The molecule has 0 aromatic rings. The molecule has 1 nitrogen and oxygen atoms in total. The molecule has 0 saturated carbocycles. The summed E-state index contributed by atoms with van der Waals surface area (Å²) in [6.07, 6.45) is 7.26. The van der Waals surface area contributed by atoms with Gasteiger partial charge in [-0.05, 0) is 45.1 Å². The summed E-state index contributed by atoms with van der Waals surface area (Å²) in [5, 5.41) is 0. The van der Waals surface area contributed by atoms with Crippen molar-refractivity contribution >= 4 is 0 Å².